The van der Waals surface area contributed by atoms with E-state index in [4.69, 9.17) is 0 Å². The number of benzene rings is 2. The van der Waals surface area contributed by atoms with Crippen LogP contribution in [0.25, 0.3) is 10.9 Å². The molecule has 0 unspecified atom stereocenters. The molecule has 2 aromatic carbocycles. The Balaban J connectivity index is 1.76. The molecule has 3 aromatic rings. The van der Waals surface area contributed by atoms with E-state index in [2.05, 4.69) is 29.4 Å². The van der Waals surface area contributed by atoms with Crippen LogP contribution >= 0.6 is 0 Å². The van der Waals surface area contributed by atoms with Crippen LogP contribution in [0, 0.1) is 0 Å². The normalized spacial score (nSPS) is 11.4. The molecule has 0 spiro atoms. The van der Waals surface area contributed by atoms with Gasteiger partial charge in [0.25, 0.3) is 0 Å². The fourth-order valence-corrected chi connectivity index (χ4v) is 3.95. The summed E-state index contributed by atoms with van der Waals surface area (Å²) in [5.41, 5.74) is 3.01. The molecule has 1 heterocycles. The van der Waals surface area contributed by atoms with Gasteiger partial charge in [0.15, 0.2) is 0 Å². The van der Waals surface area contributed by atoms with Gasteiger partial charge in [-0.15, -0.1) is 0 Å². The second-order valence-electron chi connectivity index (χ2n) is 9.87. The first kappa shape index (κ1) is 25.3. The van der Waals surface area contributed by atoms with Crippen LogP contribution in [0.1, 0.15) is 51.7 Å². The Kier molecular flexibility index (Phi) is 8.74. The zero-order valence-corrected chi connectivity index (χ0v) is 20.9. The van der Waals surface area contributed by atoms with Crippen LogP contribution in [0.15, 0.2) is 60.8 Å². The van der Waals surface area contributed by atoms with Crippen molar-refractivity contribution in [2.45, 2.75) is 59.0 Å². The van der Waals surface area contributed by atoms with E-state index in [0.717, 1.165) is 30.3 Å². The van der Waals surface area contributed by atoms with Crippen molar-refractivity contribution in [1.82, 2.24) is 20.1 Å². The van der Waals surface area contributed by atoms with Crippen LogP contribution in [0.4, 0.5) is 4.79 Å². The third-order valence-corrected chi connectivity index (χ3v) is 5.77. The van der Waals surface area contributed by atoms with Crippen molar-refractivity contribution in [2.24, 2.45) is 0 Å². The summed E-state index contributed by atoms with van der Waals surface area (Å²) in [6, 6.07) is 18.0. The molecule has 3 amide bonds. The monoisotopic (exact) mass is 462 g/mol. The van der Waals surface area contributed by atoms with Gasteiger partial charge in [0, 0.05) is 42.3 Å². The summed E-state index contributed by atoms with van der Waals surface area (Å²) in [6.45, 7) is 9.68. The molecule has 0 radical (unpaired) electrons. The Morgan fingerprint density at radius 2 is 1.65 bits per heavy atom. The van der Waals surface area contributed by atoms with E-state index in [-0.39, 0.29) is 24.0 Å². The lowest BCUT2D eigenvalue weighted by molar-refractivity contribution is -0.132. The number of hydrogen-bond donors (Lipinski definition) is 2. The van der Waals surface area contributed by atoms with Crippen LogP contribution < -0.4 is 5.32 Å². The zero-order valence-electron chi connectivity index (χ0n) is 20.9. The Bertz CT molecular complexity index is 1070. The number of fused-ring (bicyclic) bond motifs is 1. The van der Waals surface area contributed by atoms with Gasteiger partial charge in [-0.05, 0) is 50.8 Å². The summed E-state index contributed by atoms with van der Waals surface area (Å²) in [7, 11) is 0. The van der Waals surface area contributed by atoms with Crippen molar-refractivity contribution >= 4 is 22.8 Å². The highest BCUT2D eigenvalue weighted by molar-refractivity contribution is 5.85. The summed E-state index contributed by atoms with van der Waals surface area (Å²) in [5.74, 6) is -0.0381. The SMILES string of the molecule is CCCCN(CC(=O)N(CCc1c[nH]c2ccccc12)Cc1ccccc1)C(=O)NC(C)(C)C. The van der Waals surface area contributed by atoms with Crippen LogP contribution in [-0.4, -0.2) is 51.9 Å². The van der Waals surface area contributed by atoms with E-state index in [9.17, 15) is 9.59 Å². The molecule has 0 saturated carbocycles. The van der Waals surface area contributed by atoms with Gasteiger partial charge in [0.1, 0.15) is 6.54 Å². The summed E-state index contributed by atoms with van der Waals surface area (Å²) >= 11 is 0. The highest BCUT2D eigenvalue weighted by atomic mass is 16.2. The Morgan fingerprint density at radius 1 is 0.941 bits per heavy atom. The Morgan fingerprint density at radius 3 is 2.35 bits per heavy atom. The molecule has 34 heavy (non-hydrogen) atoms. The highest BCUT2D eigenvalue weighted by Gasteiger charge is 2.24. The second-order valence-corrected chi connectivity index (χ2v) is 9.87. The quantitative estimate of drug-likeness (QED) is 0.426. The number of aromatic nitrogens is 1. The number of nitrogens with zero attached hydrogens (tertiary/aromatic N) is 2. The second kappa shape index (κ2) is 11.7. The standard InChI is InChI=1S/C28H38N4O2/c1-5-6-17-32(27(34)30-28(2,3)4)21-26(33)31(20-22-12-8-7-9-13-22)18-16-23-19-29-25-15-11-10-14-24(23)25/h7-15,19,29H,5-6,16-18,20-21H2,1-4H3,(H,30,34). The number of carbonyl (C=O) groups excluding carboxylic acids is 2. The van der Waals surface area contributed by atoms with Gasteiger partial charge < -0.3 is 20.1 Å². The highest BCUT2D eigenvalue weighted by Crippen LogP contribution is 2.19. The van der Waals surface area contributed by atoms with Gasteiger partial charge in [0.2, 0.25) is 5.91 Å². The summed E-state index contributed by atoms with van der Waals surface area (Å²) in [5, 5.41) is 4.19. The van der Waals surface area contributed by atoms with Gasteiger partial charge >= 0.3 is 6.03 Å². The van der Waals surface area contributed by atoms with Crippen molar-refractivity contribution < 1.29 is 9.59 Å². The fraction of sp³-hybridized carbons (Fsp3) is 0.429. The summed E-state index contributed by atoms with van der Waals surface area (Å²) in [6.07, 6.45) is 4.59. The van der Waals surface area contributed by atoms with Gasteiger partial charge in [-0.25, -0.2) is 4.79 Å². The lowest BCUT2D eigenvalue weighted by Crippen LogP contribution is -2.52. The number of unbranched alkanes of at least 4 members (excludes halogenated alkanes) is 1. The maximum absolute atomic E-state index is 13.5. The average molecular weight is 463 g/mol. The molecule has 0 atom stereocenters. The van der Waals surface area contributed by atoms with Crippen molar-refractivity contribution in [1.29, 1.82) is 0 Å². The Hall–Kier alpha value is -3.28. The minimum Gasteiger partial charge on any atom is -0.361 e. The van der Waals surface area contributed by atoms with Gasteiger partial charge in [0.05, 0.1) is 0 Å². The van der Waals surface area contributed by atoms with Crippen LogP contribution in [0.5, 0.6) is 0 Å². The van der Waals surface area contributed by atoms with Crippen molar-refractivity contribution in [3.63, 3.8) is 0 Å². The number of urea groups is 1. The summed E-state index contributed by atoms with van der Waals surface area (Å²) in [4.78, 5) is 33.3. The first-order chi connectivity index (χ1) is 16.3. The number of amides is 3. The lowest BCUT2D eigenvalue weighted by atomic mass is 10.1. The molecule has 0 aliphatic carbocycles. The number of hydrogen-bond acceptors (Lipinski definition) is 2. The number of para-hydroxylation sites is 1. The maximum atomic E-state index is 13.5. The van der Waals surface area contributed by atoms with Gasteiger partial charge in [-0.1, -0.05) is 61.9 Å². The number of carbonyl (C=O) groups is 2. The number of rotatable bonds is 10. The van der Waals surface area contributed by atoms with E-state index in [0.29, 0.717) is 19.6 Å². The maximum Gasteiger partial charge on any atom is 0.318 e. The van der Waals surface area contributed by atoms with Crippen LogP contribution in [0.2, 0.25) is 0 Å². The predicted molar refractivity (Wildman–Crippen MR) is 139 cm³/mol. The molecular weight excluding hydrogens is 424 g/mol. The van der Waals surface area contributed by atoms with Gasteiger partial charge in [-0.3, -0.25) is 4.79 Å². The van der Waals surface area contributed by atoms with Crippen LogP contribution in [0.3, 0.4) is 0 Å². The fourth-order valence-electron chi connectivity index (χ4n) is 3.95. The molecule has 3 rings (SSSR count). The third kappa shape index (κ3) is 7.37. The number of aromatic amines is 1. The molecule has 6 nitrogen and oxygen atoms in total. The molecule has 0 saturated heterocycles. The van der Waals surface area contributed by atoms with E-state index in [1.165, 1.54) is 10.9 Å². The Labute approximate surface area is 203 Å². The molecule has 1 aromatic heterocycles. The molecule has 182 valence electrons. The molecule has 0 aliphatic heterocycles. The van der Waals surface area contributed by atoms with Crippen molar-refractivity contribution in [3.8, 4) is 0 Å². The third-order valence-electron chi connectivity index (χ3n) is 5.77. The van der Waals surface area contributed by atoms with Gasteiger partial charge in [-0.2, -0.15) is 0 Å². The average Bonchev–Trinajstić information content (AvgIpc) is 3.22. The van der Waals surface area contributed by atoms with E-state index >= 15 is 0 Å². The first-order valence-electron chi connectivity index (χ1n) is 12.2. The molecule has 0 aliphatic rings. The van der Waals surface area contributed by atoms with E-state index < -0.39 is 0 Å². The topological polar surface area (TPSA) is 68.4 Å². The van der Waals surface area contributed by atoms with E-state index in [1.54, 1.807) is 4.90 Å². The summed E-state index contributed by atoms with van der Waals surface area (Å²) < 4.78 is 0. The molecule has 6 heteroatoms. The minimum absolute atomic E-state index is 0.0381. The smallest absolute Gasteiger partial charge is 0.318 e. The zero-order chi connectivity index (χ0) is 24.6. The molecular formula is C28H38N4O2. The predicted octanol–water partition coefficient (Wildman–Crippen LogP) is 5.35. The molecule has 0 fully saturated rings. The molecule has 2 N–H and O–H groups in total. The largest absolute Gasteiger partial charge is 0.361 e. The van der Waals surface area contributed by atoms with Crippen LogP contribution in [-0.2, 0) is 17.8 Å². The minimum atomic E-state index is -0.357. The lowest BCUT2D eigenvalue weighted by Gasteiger charge is -2.30. The van der Waals surface area contributed by atoms with Crippen molar-refractivity contribution in [3.05, 3.63) is 71.9 Å². The number of nitrogens with one attached hydrogen (secondary N) is 2. The van der Waals surface area contributed by atoms with Crippen molar-refractivity contribution in [2.75, 3.05) is 19.6 Å². The molecule has 0 bridgehead atoms. The number of H-pyrrole nitrogens is 1. The van der Waals surface area contributed by atoms with E-state index in [1.807, 2.05) is 74.3 Å². The first-order valence-corrected chi connectivity index (χ1v) is 12.2.